The van der Waals surface area contributed by atoms with Crippen LogP contribution < -0.4 is 0 Å². The summed E-state index contributed by atoms with van der Waals surface area (Å²) in [5.74, 6) is -0.349. The Kier molecular flexibility index (Phi) is 1.98. The molecule has 64 valence electrons. The minimum Gasteiger partial charge on any atom is -0.205 e. The third kappa shape index (κ3) is 1.21. The van der Waals surface area contributed by atoms with Crippen LogP contribution in [0.2, 0.25) is 0 Å². The van der Waals surface area contributed by atoms with Gasteiger partial charge in [-0.1, -0.05) is 0 Å². The van der Waals surface area contributed by atoms with Gasteiger partial charge in [0.15, 0.2) is 0 Å². The third-order valence-corrected chi connectivity index (χ3v) is 3.05. The molecule has 0 atom stereocenters. The Balaban J connectivity index is 2.97. The van der Waals surface area contributed by atoms with Crippen LogP contribution in [0.15, 0.2) is 22.4 Å². The second-order valence-corrected chi connectivity index (χ2v) is 3.93. The number of nitriles is 1. The molecule has 1 nitrogen and oxygen atoms in total. The number of thiophene rings is 1. The van der Waals surface area contributed by atoms with Gasteiger partial charge in [0.05, 0.1) is 10.3 Å². The van der Waals surface area contributed by atoms with Gasteiger partial charge in [-0.2, -0.15) is 5.26 Å². The number of nitrogens with zero attached hydrogens (tertiary/aromatic N) is 1. The first kappa shape index (κ1) is 8.54. The van der Waals surface area contributed by atoms with E-state index in [1.807, 2.05) is 6.07 Å². The highest BCUT2D eigenvalue weighted by molar-refractivity contribution is 7.80. The van der Waals surface area contributed by atoms with E-state index in [2.05, 4.69) is 12.6 Å². The smallest absolute Gasteiger partial charge is 0.145 e. The summed E-state index contributed by atoms with van der Waals surface area (Å²) in [5.41, 5.74) is 0.483. The molecule has 2 rings (SSSR count). The van der Waals surface area contributed by atoms with Crippen LogP contribution in [0, 0.1) is 17.1 Å². The number of benzene rings is 1. The Labute approximate surface area is 83.8 Å². The Bertz CT molecular complexity index is 510. The predicted molar refractivity (Wildman–Crippen MR) is 53.8 cm³/mol. The number of hydrogen-bond donors (Lipinski definition) is 1. The number of fused-ring (bicyclic) bond motifs is 1. The summed E-state index contributed by atoms with van der Waals surface area (Å²) in [6, 6.07) is 5.14. The molecule has 0 radical (unpaired) electrons. The molecule has 0 unspecified atom stereocenters. The molecule has 13 heavy (non-hydrogen) atoms. The number of thiol groups is 1. The molecule has 0 aliphatic heterocycles. The van der Waals surface area contributed by atoms with Crippen molar-refractivity contribution in [3.63, 3.8) is 0 Å². The van der Waals surface area contributed by atoms with Crippen LogP contribution in [0.5, 0.6) is 0 Å². The molecule has 1 aromatic heterocycles. The maximum Gasteiger partial charge on any atom is 0.145 e. The molecule has 1 heterocycles. The number of rotatable bonds is 0. The quantitative estimate of drug-likeness (QED) is 0.662. The molecule has 0 N–H and O–H groups in total. The molecule has 0 saturated heterocycles. The standard InChI is InChI=1S/C9H4FNS2/c10-8-6-1-2-13-9(6)5(4-11)3-7(8)12/h1-3,12H. The van der Waals surface area contributed by atoms with Crippen LogP contribution in [0.25, 0.3) is 10.1 Å². The lowest BCUT2D eigenvalue weighted by Gasteiger charge is -1.98. The average Bonchev–Trinajstić information content (AvgIpc) is 2.60. The summed E-state index contributed by atoms with van der Waals surface area (Å²) >= 11 is 5.32. The molecule has 0 amide bonds. The van der Waals surface area contributed by atoms with E-state index in [0.717, 1.165) is 0 Å². The summed E-state index contributed by atoms with van der Waals surface area (Å²) in [6.45, 7) is 0. The fraction of sp³-hybridized carbons (Fsp3) is 0. The van der Waals surface area contributed by atoms with E-state index in [-0.39, 0.29) is 10.7 Å². The predicted octanol–water partition coefficient (Wildman–Crippen LogP) is 3.20. The van der Waals surface area contributed by atoms with Crippen molar-refractivity contribution in [2.24, 2.45) is 0 Å². The first-order valence-corrected chi connectivity index (χ1v) is 4.85. The number of halogens is 1. The summed E-state index contributed by atoms with van der Waals surface area (Å²) in [7, 11) is 0. The van der Waals surface area contributed by atoms with Gasteiger partial charge in [-0.05, 0) is 17.5 Å². The van der Waals surface area contributed by atoms with E-state index in [1.165, 1.54) is 17.4 Å². The fourth-order valence-corrected chi connectivity index (χ4v) is 2.28. The van der Waals surface area contributed by atoms with Crippen molar-refractivity contribution in [3.8, 4) is 6.07 Å². The molecular weight excluding hydrogens is 205 g/mol. The summed E-state index contributed by atoms with van der Waals surface area (Å²) < 4.78 is 14.1. The normalized spacial score (nSPS) is 10.2. The van der Waals surface area contributed by atoms with Gasteiger partial charge in [0.2, 0.25) is 0 Å². The molecule has 0 saturated carbocycles. The summed E-state index contributed by atoms with van der Waals surface area (Å²) in [5, 5.41) is 11.0. The van der Waals surface area contributed by atoms with Crippen LogP contribution in [0.1, 0.15) is 5.56 Å². The van der Waals surface area contributed by atoms with Crippen molar-refractivity contribution in [2.45, 2.75) is 4.90 Å². The molecular formula is C9H4FNS2. The molecule has 2 aromatic rings. The van der Waals surface area contributed by atoms with E-state index in [0.29, 0.717) is 15.6 Å². The van der Waals surface area contributed by atoms with E-state index < -0.39 is 0 Å². The van der Waals surface area contributed by atoms with E-state index in [4.69, 9.17) is 5.26 Å². The van der Waals surface area contributed by atoms with Crippen LogP contribution in [0.3, 0.4) is 0 Å². The average molecular weight is 209 g/mol. The molecule has 4 heteroatoms. The highest BCUT2D eigenvalue weighted by atomic mass is 32.1. The monoisotopic (exact) mass is 209 g/mol. The topological polar surface area (TPSA) is 23.8 Å². The zero-order valence-corrected chi connectivity index (χ0v) is 8.12. The van der Waals surface area contributed by atoms with Crippen molar-refractivity contribution >= 4 is 34.1 Å². The Morgan fingerprint density at radius 3 is 3.00 bits per heavy atom. The molecule has 1 aromatic carbocycles. The second kappa shape index (κ2) is 3.02. The Morgan fingerprint density at radius 1 is 1.54 bits per heavy atom. The molecule has 0 aliphatic carbocycles. The van der Waals surface area contributed by atoms with Crippen LogP contribution >= 0.6 is 24.0 Å². The highest BCUT2D eigenvalue weighted by Gasteiger charge is 2.10. The lowest BCUT2D eigenvalue weighted by atomic mass is 10.2. The van der Waals surface area contributed by atoms with Crippen molar-refractivity contribution in [3.05, 3.63) is 28.9 Å². The van der Waals surface area contributed by atoms with Gasteiger partial charge in [-0.3, -0.25) is 0 Å². The molecule has 0 fully saturated rings. The zero-order chi connectivity index (χ0) is 9.42. The SMILES string of the molecule is N#Cc1cc(S)c(F)c2ccsc12. The van der Waals surface area contributed by atoms with E-state index >= 15 is 0 Å². The van der Waals surface area contributed by atoms with Gasteiger partial charge in [-0.15, -0.1) is 24.0 Å². The largest absolute Gasteiger partial charge is 0.205 e. The van der Waals surface area contributed by atoms with Gasteiger partial charge in [0, 0.05) is 10.3 Å². The van der Waals surface area contributed by atoms with E-state index in [1.54, 1.807) is 11.4 Å². The third-order valence-electron chi connectivity index (χ3n) is 1.77. The molecule has 0 aliphatic rings. The molecule has 0 bridgehead atoms. The van der Waals surface area contributed by atoms with Gasteiger partial charge in [0.25, 0.3) is 0 Å². The van der Waals surface area contributed by atoms with Crippen LogP contribution in [-0.4, -0.2) is 0 Å². The van der Waals surface area contributed by atoms with Crippen molar-refractivity contribution in [1.29, 1.82) is 5.26 Å². The van der Waals surface area contributed by atoms with E-state index in [9.17, 15) is 4.39 Å². The summed E-state index contributed by atoms with van der Waals surface area (Å²) in [4.78, 5) is 0.224. The first-order valence-electron chi connectivity index (χ1n) is 3.53. The lowest BCUT2D eigenvalue weighted by molar-refractivity contribution is 0.615. The Morgan fingerprint density at radius 2 is 2.31 bits per heavy atom. The van der Waals surface area contributed by atoms with Crippen LogP contribution in [-0.2, 0) is 0 Å². The molecule has 0 spiro atoms. The van der Waals surface area contributed by atoms with Gasteiger partial charge in [-0.25, -0.2) is 4.39 Å². The second-order valence-electron chi connectivity index (χ2n) is 2.53. The maximum atomic E-state index is 13.4. The van der Waals surface area contributed by atoms with Gasteiger partial charge in [0.1, 0.15) is 11.9 Å². The van der Waals surface area contributed by atoms with Crippen molar-refractivity contribution in [1.82, 2.24) is 0 Å². The summed E-state index contributed by atoms with van der Waals surface area (Å²) in [6.07, 6.45) is 0. The lowest BCUT2D eigenvalue weighted by Crippen LogP contribution is -1.82. The van der Waals surface area contributed by atoms with Crippen molar-refractivity contribution < 1.29 is 4.39 Å². The minimum absolute atomic E-state index is 0.224. The van der Waals surface area contributed by atoms with Crippen LogP contribution in [0.4, 0.5) is 4.39 Å². The van der Waals surface area contributed by atoms with Gasteiger partial charge < -0.3 is 0 Å². The number of hydrogen-bond acceptors (Lipinski definition) is 3. The fourth-order valence-electron chi connectivity index (χ4n) is 1.18. The zero-order valence-electron chi connectivity index (χ0n) is 6.41. The van der Waals surface area contributed by atoms with Gasteiger partial charge >= 0.3 is 0 Å². The Hall–Kier alpha value is -1.05. The van der Waals surface area contributed by atoms with Crippen molar-refractivity contribution in [2.75, 3.05) is 0 Å². The minimum atomic E-state index is -0.349. The maximum absolute atomic E-state index is 13.4. The highest BCUT2D eigenvalue weighted by Crippen LogP contribution is 2.30. The first-order chi connectivity index (χ1) is 6.24.